The van der Waals surface area contributed by atoms with Gasteiger partial charge in [-0.05, 0) is 43.0 Å². The number of carbonyl (C=O) groups is 1. The maximum absolute atomic E-state index is 12.9. The van der Waals surface area contributed by atoms with Crippen LogP contribution in [0.4, 0.5) is 5.82 Å². The fourth-order valence-electron chi connectivity index (χ4n) is 3.17. The molecule has 0 spiro atoms. The van der Waals surface area contributed by atoms with E-state index in [4.69, 9.17) is 0 Å². The number of benzene rings is 1. The van der Waals surface area contributed by atoms with E-state index in [0.717, 1.165) is 22.2 Å². The summed E-state index contributed by atoms with van der Waals surface area (Å²) in [5.41, 5.74) is 4.84. The first-order chi connectivity index (χ1) is 11.9. The highest BCUT2D eigenvalue weighted by Gasteiger charge is 2.21. The highest BCUT2D eigenvalue weighted by atomic mass is 16.2. The summed E-state index contributed by atoms with van der Waals surface area (Å²) in [6, 6.07) is 8.22. The van der Waals surface area contributed by atoms with E-state index in [2.05, 4.69) is 54.1 Å². The number of aryl methyl sites for hydroxylation is 2. The minimum Gasteiger partial charge on any atom is -0.332 e. The standard InChI is InChI=1S/C20H24N4O/c1-6-9-24-17-8-7-15(12(2)3)11-16(17)14(5)19(24)20(25)21-18-10-13(4)22-23-18/h6-8,10-12H,1,9H2,2-5H3,(H2,21,22,23,25). The largest absolute Gasteiger partial charge is 0.332 e. The van der Waals surface area contributed by atoms with Gasteiger partial charge < -0.3 is 9.88 Å². The zero-order valence-corrected chi connectivity index (χ0v) is 15.2. The van der Waals surface area contributed by atoms with E-state index >= 15 is 0 Å². The van der Waals surface area contributed by atoms with Gasteiger partial charge in [-0.3, -0.25) is 9.89 Å². The first-order valence-corrected chi connectivity index (χ1v) is 8.49. The second-order valence-electron chi connectivity index (χ2n) is 6.69. The Morgan fingerprint density at radius 1 is 1.36 bits per heavy atom. The van der Waals surface area contributed by atoms with Gasteiger partial charge in [-0.1, -0.05) is 26.0 Å². The molecule has 0 atom stereocenters. The van der Waals surface area contributed by atoms with Gasteiger partial charge in [-0.2, -0.15) is 5.10 Å². The van der Waals surface area contributed by atoms with Crippen LogP contribution in [-0.4, -0.2) is 20.7 Å². The first kappa shape index (κ1) is 17.0. The van der Waals surface area contributed by atoms with E-state index in [9.17, 15) is 4.79 Å². The molecule has 0 aliphatic carbocycles. The van der Waals surface area contributed by atoms with Crippen molar-refractivity contribution >= 4 is 22.6 Å². The Morgan fingerprint density at radius 3 is 2.72 bits per heavy atom. The third-order valence-electron chi connectivity index (χ3n) is 4.48. The molecule has 0 unspecified atom stereocenters. The molecule has 2 heterocycles. The van der Waals surface area contributed by atoms with Crippen LogP contribution < -0.4 is 5.32 Å². The van der Waals surface area contributed by atoms with Gasteiger partial charge in [0.05, 0.1) is 0 Å². The smallest absolute Gasteiger partial charge is 0.273 e. The highest BCUT2D eigenvalue weighted by Crippen LogP contribution is 2.29. The van der Waals surface area contributed by atoms with Gasteiger partial charge in [0.1, 0.15) is 5.69 Å². The van der Waals surface area contributed by atoms with Crippen LogP contribution in [-0.2, 0) is 6.54 Å². The highest BCUT2D eigenvalue weighted by molar-refractivity contribution is 6.08. The van der Waals surface area contributed by atoms with Crippen molar-refractivity contribution in [3.05, 3.63) is 59.4 Å². The SMILES string of the molecule is C=CCn1c(C(=O)Nc2cc(C)[nH]n2)c(C)c2cc(C(C)C)ccc21. The van der Waals surface area contributed by atoms with Crippen molar-refractivity contribution in [1.29, 1.82) is 0 Å². The number of fused-ring (bicyclic) bond motifs is 1. The van der Waals surface area contributed by atoms with E-state index in [1.807, 2.05) is 30.6 Å². The van der Waals surface area contributed by atoms with Crippen molar-refractivity contribution in [3.8, 4) is 0 Å². The second-order valence-corrected chi connectivity index (χ2v) is 6.69. The number of nitrogens with zero attached hydrogens (tertiary/aromatic N) is 2. The fraction of sp³-hybridized carbons (Fsp3) is 0.300. The molecule has 3 rings (SSSR count). The molecule has 1 aromatic carbocycles. The Labute approximate surface area is 147 Å². The van der Waals surface area contributed by atoms with Gasteiger partial charge in [0.25, 0.3) is 5.91 Å². The monoisotopic (exact) mass is 336 g/mol. The lowest BCUT2D eigenvalue weighted by atomic mass is 10.0. The lowest BCUT2D eigenvalue weighted by Gasteiger charge is -2.09. The summed E-state index contributed by atoms with van der Waals surface area (Å²) in [6.07, 6.45) is 1.81. The van der Waals surface area contributed by atoms with E-state index in [1.165, 1.54) is 5.56 Å². The van der Waals surface area contributed by atoms with Gasteiger partial charge in [0, 0.05) is 29.2 Å². The molecule has 3 aromatic rings. The zero-order chi connectivity index (χ0) is 18.1. The van der Waals surface area contributed by atoms with Crippen molar-refractivity contribution in [2.45, 2.75) is 40.2 Å². The summed E-state index contributed by atoms with van der Waals surface area (Å²) >= 11 is 0. The molecular weight excluding hydrogens is 312 g/mol. The number of H-pyrrole nitrogens is 1. The number of hydrogen-bond donors (Lipinski definition) is 2. The number of allylic oxidation sites excluding steroid dienone is 1. The predicted octanol–water partition coefficient (Wildman–Crippen LogP) is 4.54. The van der Waals surface area contributed by atoms with Crippen molar-refractivity contribution in [2.24, 2.45) is 0 Å². The molecular formula is C20H24N4O. The number of anilines is 1. The molecule has 0 aliphatic heterocycles. The lowest BCUT2D eigenvalue weighted by Crippen LogP contribution is -2.18. The molecule has 2 aromatic heterocycles. The Balaban J connectivity index is 2.11. The molecule has 0 radical (unpaired) electrons. The quantitative estimate of drug-likeness (QED) is 0.672. The predicted molar refractivity (Wildman–Crippen MR) is 102 cm³/mol. The Hall–Kier alpha value is -2.82. The minimum absolute atomic E-state index is 0.159. The van der Waals surface area contributed by atoms with Gasteiger partial charge >= 0.3 is 0 Å². The molecule has 0 aliphatic rings. The Kier molecular flexibility index (Phi) is 4.49. The van der Waals surface area contributed by atoms with Crippen LogP contribution >= 0.6 is 0 Å². The third-order valence-corrected chi connectivity index (χ3v) is 4.48. The Bertz CT molecular complexity index is 946. The van der Waals surface area contributed by atoms with Crippen LogP contribution in [0.3, 0.4) is 0 Å². The molecule has 0 saturated carbocycles. The zero-order valence-electron chi connectivity index (χ0n) is 15.2. The molecule has 130 valence electrons. The topological polar surface area (TPSA) is 62.7 Å². The van der Waals surface area contributed by atoms with Crippen molar-refractivity contribution in [3.63, 3.8) is 0 Å². The van der Waals surface area contributed by atoms with Crippen LogP contribution in [0.25, 0.3) is 10.9 Å². The number of carbonyl (C=O) groups excluding carboxylic acids is 1. The molecule has 25 heavy (non-hydrogen) atoms. The lowest BCUT2D eigenvalue weighted by molar-refractivity contribution is 0.101. The van der Waals surface area contributed by atoms with Crippen molar-refractivity contribution in [2.75, 3.05) is 5.32 Å². The summed E-state index contributed by atoms with van der Waals surface area (Å²) in [7, 11) is 0. The fourth-order valence-corrected chi connectivity index (χ4v) is 3.17. The van der Waals surface area contributed by atoms with Gasteiger partial charge in [-0.25, -0.2) is 0 Å². The number of aromatic amines is 1. The second kappa shape index (κ2) is 6.59. The summed E-state index contributed by atoms with van der Waals surface area (Å²) in [6.45, 7) is 12.7. The average Bonchev–Trinajstić information content (AvgIpc) is 3.09. The van der Waals surface area contributed by atoms with Crippen LogP contribution in [0.5, 0.6) is 0 Å². The maximum Gasteiger partial charge on any atom is 0.273 e. The molecule has 1 amide bonds. The van der Waals surface area contributed by atoms with Crippen LogP contribution in [0, 0.1) is 13.8 Å². The van der Waals surface area contributed by atoms with Gasteiger partial charge in [0.15, 0.2) is 5.82 Å². The number of amides is 1. The summed E-state index contributed by atoms with van der Waals surface area (Å²) in [5, 5.41) is 10.9. The number of aromatic nitrogens is 3. The third kappa shape index (κ3) is 3.09. The van der Waals surface area contributed by atoms with E-state index < -0.39 is 0 Å². The Morgan fingerprint density at radius 2 is 2.12 bits per heavy atom. The maximum atomic E-state index is 12.9. The number of hydrogen-bond acceptors (Lipinski definition) is 2. The van der Waals surface area contributed by atoms with Crippen LogP contribution in [0.1, 0.15) is 47.1 Å². The van der Waals surface area contributed by atoms with E-state index in [0.29, 0.717) is 24.0 Å². The summed E-state index contributed by atoms with van der Waals surface area (Å²) in [4.78, 5) is 12.9. The number of nitrogens with one attached hydrogen (secondary N) is 2. The van der Waals surface area contributed by atoms with Crippen molar-refractivity contribution in [1.82, 2.24) is 14.8 Å². The van der Waals surface area contributed by atoms with E-state index in [1.54, 1.807) is 0 Å². The minimum atomic E-state index is -0.159. The molecule has 5 heteroatoms. The summed E-state index contributed by atoms with van der Waals surface area (Å²) < 4.78 is 2.01. The molecule has 5 nitrogen and oxygen atoms in total. The summed E-state index contributed by atoms with van der Waals surface area (Å²) in [5.74, 6) is 0.809. The number of rotatable bonds is 5. The normalized spacial score (nSPS) is 11.2. The van der Waals surface area contributed by atoms with E-state index in [-0.39, 0.29) is 5.91 Å². The molecule has 0 saturated heterocycles. The molecule has 2 N–H and O–H groups in total. The van der Waals surface area contributed by atoms with Crippen molar-refractivity contribution < 1.29 is 4.79 Å². The van der Waals surface area contributed by atoms with Gasteiger partial charge in [0.2, 0.25) is 0 Å². The van der Waals surface area contributed by atoms with Crippen LogP contribution in [0.2, 0.25) is 0 Å². The van der Waals surface area contributed by atoms with Gasteiger partial charge in [-0.15, -0.1) is 6.58 Å². The first-order valence-electron chi connectivity index (χ1n) is 8.49. The molecule has 0 bridgehead atoms. The van der Waals surface area contributed by atoms with Crippen LogP contribution in [0.15, 0.2) is 36.9 Å². The molecule has 0 fully saturated rings. The average molecular weight is 336 g/mol.